The van der Waals surface area contributed by atoms with E-state index in [1.165, 1.54) is 11.4 Å². The average molecular weight is 465 g/mol. The molecule has 1 fully saturated rings. The lowest BCUT2D eigenvalue weighted by molar-refractivity contribution is -0.120. The Kier molecular flexibility index (Phi) is 5.55. The number of hydrogen-bond donors (Lipinski definition) is 1. The normalized spacial score (nSPS) is 17.3. The van der Waals surface area contributed by atoms with Crippen molar-refractivity contribution in [3.63, 3.8) is 0 Å². The van der Waals surface area contributed by atoms with Crippen LogP contribution in [0, 0.1) is 0 Å². The Morgan fingerprint density at radius 1 is 1.00 bits per heavy atom. The molecule has 0 radical (unpaired) electrons. The molecule has 170 valence electrons. The number of carbonyl (C=O) groups is 1. The number of nitrogens with one attached hydrogen (secondary N) is 1. The topological polar surface area (TPSA) is 88.9 Å². The van der Waals surface area contributed by atoms with E-state index < -0.39 is 16.1 Å². The lowest BCUT2D eigenvalue weighted by Crippen LogP contribution is -2.49. The minimum atomic E-state index is -3.79. The van der Waals surface area contributed by atoms with E-state index in [9.17, 15) is 13.2 Å². The number of ether oxygens (including phenoxy) is 1. The van der Waals surface area contributed by atoms with Crippen LogP contribution in [0.2, 0.25) is 0 Å². The van der Waals surface area contributed by atoms with Crippen LogP contribution < -0.4 is 10.1 Å². The van der Waals surface area contributed by atoms with Crippen molar-refractivity contribution in [1.82, 2.24) is 4.31 Å². The first-order valence-corrected chi connectivity index (χ1v) is 12.3. The first kappa shape index (κ1) is 21.5. The SMILES string of the molecule is COc1cc2c(cc1NC(=O)C1CCCCN1S(=O)(=O)c1ccccc1)oc1ccccc12. The average Bonchev–Trinajstić information content (AvgIpc) is 3.21. The monoisotopic (exact) mass is 464 g/mol. The van der Waals surface area contributed by atoms with Crippen LogP contribution in [0.3, 0.4) is 0 Å². The predicted octanol–water partition coefficient (Wildman–Crippen LogP) is 4.78. The van der Waals surface area contributed by atoms with Crippen molar-refractivity contribution >= 4 is 43.6 Å². The molecule has 33 heavy (non-hydrogen) atoms. The van der Waals surface area contributed by atoms with Gasteiger partial charge >= 0.3 is 0 Å². The third-order valence-corrected chi connectivity index (χ3v) is 7.99. The maximum absolute atomic E-state index is 13.3. The summed E-state index contributed by atoms with van der Waals surface area (Å²) in [4.78, 5) is 13.5. The number of hydrogen-bond acceptors (Lipinski definition) is 5. The number of carbonyl (C=O) groups excluding carboxylic acids is 1. The first-order valence-electron chi connectivity index (χ1n) is 10.9. The molecular weight excluding hydrogens is 440 g/mol. The van der Waals surface area contributed by atoms with Crippen LogP contribution in [-0.4, -0.2) is 38.3 Å². The Morgan fingerprint density at radius 3 is 2.55 bits per heavy atom. The number of para-hydroxylation sites is 1. The van der Waals surface area contributed by atoms with Gasteiger partial charge in [-0.3, -0.25) is 4.79 Å². The van der Waals surface area contributed by atoms with Crippen LogP contribution in [0.15, 0.2) is 76.0 Å². The number of nitrogens with zero attached hydrogens (tertiary/aromatic N) is 1. The third kappa shape index (κ3) is 3.85. The minimum Gasteiger partial charge on any atom is -0.495 e. The molecular formula is C25H24N2O5S. The van der Waals surface area contributed by atoms with Crippen molar-refractivity contribution in [3.8, 4) is 5.75 Å². The molecule has 0 aliphatic carbocycles. The summed E-state index contributed by atoms with van der Waals surface area (Å²) in [6, 6.07) is 18.7. The summed E-state index contributed by atoms with van der Waals surface area (Å²) < 4.78 is 39.3. The van der Waals surface area contributed by atoms with E-state index in [-0.39, 0.29) is 10.8 Å². The van der Waals surface area contributed by atoms with E-state index in [2.05, 4.69) is 5.32 Å². The molecule has 0 bridgehead atoms. The second-order valence-electron chi connectivity index (χ2n) is 8.08. The Labute approximate surface area is 192 Å². The molecule has 1 amide bonds. The summed E-state index contributed by atoms with van der Waals surface area (Å²) in [6.45, 7) is 0.301. The molecule has 4 aromatic rings. The van der Waals surface area contributed by atoms with Crippen molar-refractivity contribution in [2.75, 3.05) is 19.0 Å². The highest BCUT2D eigenvalue weighted by atomic mass is 32.2. The summed E-state index contributed by atoms with van der Waals surface area (Å²) >= 11 is 0. The summed E-state index contributed by atoms with van der Waals surface area (Å²) in [5.74, 6) is 0.0960. The van der Waals surface area contributed by atoms with Crippen LogP contribution in [0.1, 0.15) is 19.3 Å². The van der Waals surface area contributed by atoms with Gasteiger partial charge in [-0.25, -0.2) is 8.42 Å². The van der Waals surface area contributed by atoms with Gasteiger partial charge in [0.15, 0.2) is 0 Å². The zero-order chi connectivity index (χ0) is 23.0. The van der Waals surface area contributed by atoms with Crippen molar-refractivity contribution in [2.24, 2.45) is 0 Å². The molecule has 8 heteroatoms. The van der Waals surface area contributed by atoms with E-state index in [4.69, 9.17) is 9.15 Å². The molecule has 1 atom stereocenters. The van der Waals surface area contributed by atoms with Crippen molar-refractivity contribution in [1.29, 1.82) is 0 Å². The molecule has 0 saturated carbocycles. The van der Waals surface area contributed by atoms with E-state index in [0.717, 1.165) is 22.8 Å². The lowest BCUT2D eigenvalue weighted by Gasteiger charge is -2.33. The summed E-state index contributed by atoms with van der Waals surface area (Å²) in [7, 11) is -2.26. The highest BCUT2D eigenvalue weighted by molar-refractivity contribution is 7.89. The second kappa shape index (κ2) is 8.53. The van der Waals surface area contributed by atoms with Crippen LogP contribution in [0.4, 0.5) is 5.69 Å². The van der Waals surface area contributed by atoms with Crippen LogP contribution in [-0.2, 0) is 14.8 Å². The number of sulfonamides is 1. The number of anilines is 1. The number of methoxy groups -OCH3 is 1. The largest absolute Gasteiger partial charge is 0.495 e. The maximum Gasteiger partial charge on any atom is 0.243 e. The van der Waals surface area contributed by atoms with E-state index >= 15 is 0 Å². The molecule has 7 nitrogen and oxygen atoms in total. The Balaban J connectivity index is 1.48. The van der Waals surface area contributed by atoms with Gasteiger partial charge < -0.3 is 14.5 Å². The molecule has 0 spiro atoms. The zero-order valence-corrected chi connectivity index (χ0v) is 19.0. The standard InChI is InChI=1S/C25H24N2O5S/c1-31-24-15-19-18-11-5-6-13-22(18)32-23(19)16-20(24)26-25(28)21-12-7-8-14-27(21)33(29,30)17-9-3-2-4-10-17/h2-6,9-11,13,15-16,21H,7-8,12,14H2,1H3,(H,26,28). The van der Waals surface area contributed by atoms with Crippen molar-refractivity contribution in [3.05, 3.63) is 66.7 Å². The number of fused-ring (bicyclic) bond motifs is 3. The molecule has 1 aromatic heterocycles. The van der Waals surface area contributed by atoms with Gasteiger partial charge in [-0.15, -0.1) is 0 Å². The minimum absolute atomic E-state index is 0.186. The van der Waals surface area contributed by atoms with Gasteiger partial charge in [-0.05, 0) is 37.1 Å². The Hall–Kier alpha value is -3.36. The van der Waals surface area contributed by atoms with Crippen molar-refractivity contribution < 1.29 is 22.4 Å². The van der Waals surface area contributed by atoms with Crippen LogP contribution in [0.25, 0.3) is 21.9 Å². The molecule has 5 rings (SSSR count). The van der Waals surface area contributed by atoms with Crippen LogP contribution in [0.5, 0.6) is 5.75 Å². The molecule has 1 saturated heterocycles. The summed E-state index contributed by atoms with van der Waals surface area (Å²) in [6.07, 6.45) is 1.94. The highest BCUT2D eigenvalue weighted by Crippen LogP contribution is 2.37. The van der Waals surface area contributed by atoms with Crippen molar-refractivity contribution in [2.45, 2.75) is 30.2 Å². The summed E-state index contributed by atoms with van der Waals surface area (Å²) in [5, 5.41) is 4.73. The van der Waals surface area contributed by atoms with Gasteiger partial charge in [0.2, 0.25) is 15.9 Å². The van der Waals surface area contributed by atoms with Gasteiger partial charge in [-0.1, -0.05) is 42.8 Å². The zero-order valence-electron chi connectivity index (χ0n) is 18.2. The Bertz CT molecular complexity index is 1430. The maximum atomic E-state index is 13.3. The number of piperidine rings is 1. The number of rotatable bonds is 5. The number of furan rings is 1. The van der Waals surface area contributed by atoms with E-state index in [0.29, 0.717) is 36.4 Å². The summed E-state index contributed by atoms with van der Waals surface area (Å²) in [5.41, 5.74) is 1.80. The lowest BCUT2D eigenvalue weighted by atomic mass is 10.0. The van der Waals surface area contributed by atoms with Gasteiger partial charge in [0.1, 0.15) is 23.0 Å². The molecule has 1 aliphatic heterocycles. The smallest absolute Gasteiger partial charge is 0.243 e. The van der Waals surface area contributed by atoms with Gasteiger partial charge in [0, 0.05) is 23.4 Å². The fourth-order valence-electron chi connectivity index (χ4n) is 4.42. The van der Waals surface area contributed by atoms with Gasteiger partial charge in [0.05, 0.1) is 17.7 Å². The second-order valence-corrected chi connectivity index (χ2v) is 9.97. The molecule has 1 aliphatic rings. The molecule has 3 aromatic carbocycles. The third-order valence-electron chi connectivity index (χ3n) is 6.06. The number of amides is 1. The van der Waals surface area contributed by atoms with Crippen LogP contribution >= 0.6 is 0 Å². The van der Waals surface area contributed by atoms with Gasteiger partial charge in [-0.2, -0.15) is 4.31 Å². The fraction of sp³-hybridized carbons (Fsp3) is 0.240. The molecule has 1 unspecified atom stereocenters. The molecule has 2 heterocycles. The molecule has 1 N–H and O–H groups in total. The van der Waals surface area contributed by atoms with E-state index in [1.54, 1.807) is 36.4 Å². The number of benzene rings is 3. The first-order chi connectivity index (χ1) is 16.0. The fourth-order valence-corrected chi connectivity index (χ4v) is 6.09. The quantitative estimate of drug-likeness (QED) is 0.459. The van der Waals surface area contributed by atoms with Gasteiger partial charge in [0.25, 0.3) is 0 Å². The highest BCUT2D eigenvalue weighted by Gasteiger charge is 2.37. The Morgan fingerprint density at radius 2 is 1.76 bits per heavy atom. The predicted molar refractivity (Wildman–Crippen MR) is 127 cm³/mol. The van der Waals surface area contributed by atoms with E-state index in [1.807, 2.05) is 30.3 Å².